The summed E-state index contributed by atoms with van der Waals surface area (Å²) in [7, 11) is 0. The van der Waals surface area contributed by atoms with Gasteiger partial charge in [0, 0.05) is 5.88 Å². The highest BCUT2D eigenvalue weighted by atomic mass is 79.9. The molecule has 1 rings (SSSR count). The Kier molecular flexibility index (Phi) is 4.99. The molecule has 0 saturated carbocycles. The number of rotatable bonds is 4. The molecule has 1 atom stereocenters. The zero-order valence-corrected chi connectivity index (χ0v) is 10.9. The van der Waals surface area contributed by atoms with Crippen LogP contribution in [-0.4, -0.2) is 36.1 Å². The van der Waals surface area contributed by atoms with Gasteiger partial charge >= 0.3 is 0 Å². The second-order valence-electron chi connectivity index (χ2n) is 3.61. The van der Waals surface area contributed by atoms with E-state index in [4.69, 9.17) is 26.8 Å². The van der Waals surface area contributed by atoms with E-state index >= 15 is 0 Å². The van der Waals surface area contributed by atoms with E-state index < -0.39 is 11.8 Å². The summed E-state index contributed by atoms with van der Waals surface area (Å²) >= 11 is 8.88. The molecular weight excluding hydrogens is 285 g/mol. The Hall–Kier alpha value is 0.320. The molecule has 0 radical (unpaired) electrons. The van der Waals surface area contributed by atoms with Crippen LogP contribution in [0.1, 0.15) is 13.3 Å². The molecule has 0 spiro atoms. The predicted octanol–water partition coefficient (Wildman–Crippen LogP) is 1.24. The zero-order valence-electron chi connectivity index (χ0n) is 8.54. The minimum Gasteiger partial charge on any atom is -0.339 e. The summed E-state index contributed by atoms with van der Waals surface area (Å²) in [5.41, 5.74) is 4.81. The summed E-state index contributed by atoms with van der Waals surface area (Å²) in [5.74, 6) is 0.263. The van der Waals surface area contributed by atoms with Crippen molar-refractivity contribution in [3.8, 4) is 0 Å². The van der Waals surface area contributed by atoms with Crippen LogP contribution in [0.25, 0.3) is 0 Å². The van der Waals surface area contributed by atoms with Gasteiger partial charge in [-0.2, -0.15) is 0 Å². The monoisotopic (exact) mass is 299 g/mol. The highest BCUT2D eigenvalue weighted by Gasteiger charge is 2.43. The number of ketones is 1. The third-order valence-electron chi connectivity index (χ3n) is 2.67. The van der Waals surface area contributed by atoms with Gasteiger partial charge in [-0.25, -0.2) is 0 Å². The molecule has 1 unspecified atom stereocenters. The molecule has 0 aliphatic carbocycles. The van der Waals surface area contributed by atoms with Crippen molar-refractivity contribution in [2.45, 2.75) is 24.6 Å². The van der Waals surface area contributed by atoms with Crippen LogP contribution in [0.3, 0.4) is 0 Å². The van der Waals surface area contributed by atoms with Gasteiger partial charge in [0.2, 0.25) is 6.41 Å². The number of ether oxygens (including phenoxy) is 2. The van der Waals surface area contributed by atoms with E-state index in [0.29, 0.717) is 19.6 Å². The number of Topliss-reactive ketones (excluding diaryl/α,β-unsaturated/α-hetero) is 1. The lowest BCUT2D eigenvalue weighted by atomic mass is 9.80. The Morgan fingerprint density at radius 2 is 2.20 bits per heavy atom. The SMILES string of the molecule is CCC1(C(=O)C(Br)CCl)COC(N)OC1. The molecule has 0 aromatic heterocycles. The quantitative estimate of drug-likeness (QED) is 0.794. The average Bonchev–Trinajstić information content (AvgIpc) is 2.28. The van der Waals surface area contributed by atoms with Crippen molar-refractivity contribution in [1.29, 1.82) is 0 Å². The van der Waals surface area contributed by atoms with Gasteiger partial charge in [0.15, 0.2) is 5.78 Å². The average molecular weight is 301 g/mol. The molecule has 2 N–H and O–H groups in total. The van der Waals surface area contributed by atoms with E-state index in [1.807, 2.05) is 6.92 Å². The fourth-order valence-electron chi connectivity index (χ4n) is 1.50. The van der Waals surface area contributed by atoms with Crippen LogP contribution in [0.15, 0.2) is 0 Å². The van der Waals surface area contributed by atoms with Gasteiger partial charge in [-0.05, 0) is 6.42 Å². The first-order chi connectivity index (χ1) is 7.05. The molecule has 0 amide bonds. The molecule has 6 heteroatoms. The maximum absolute atomic E-state index is 12.1. The summed E-state index contributed by atoms with van der Waals surface area (Å²) in [4.78, 5) is 11.7. The number of carbonyl (C=O) groups excluding carboxylic acids is 1. The summed E-state index contributed by atoms with van der Waals surface area (Å²) in [6.07, 6.45) is -0.0698. The van der Waals surface area contributed by atoms with Crippen LogP contribution in [-0.2, 0) is 14.3 Å². The fraction of sp³-hybridized carbons (Fsp3) is 0.889. The number of carbonyl (C=O) groups is 1. The zero-order chi connectivity index (χ0) is 11.5. The van der Waals surface area contributed by atoms with E-state index in [9.17, 15) is 4.79 Å². The smallest absolute Gasteiger partial charge is 0.213 e. The Morgan fingerprint density at radius 3 is 2.60 bits per heavy atom. The summed E-state index contributed by atoms with van der Waals surface area (Å²) in [6, 6.07) is 0. The third kappa shape index (κ3) is 2.91. The molecule has 1 aliphatic rings. The van der Waals surface area contributed by atoms with Gasteiger partial charge < -0.3 is 9.47 Å². The van der Waals surface area contributed by atoms with Crippen molar-refractivity contribution in [2.75, 3.05) is 19.1 Å². The molecule has 1 heterocycles. The van der Waals surface area contributed by atoms with Crippen LogP contribution >= 0.6 is 27.5 Å². The number of hydrogen-bond donors (Lipinski definition) is 1. The minimum atomic E-state index is -0.720. The van der Waals surface area contributed by atoms with Crippen LogP contribution in [0.2, 0.25) is 0 Å². The van der Waals surface area contributed by atoms with Crippen LogP contribution in [0.4, 0.5) is 0 Å². The number of hydrogen-bond acceptors (Lipinski definition) is 4. The second kappa shape index (κ2) is 5.59. The maximum Gasteiger partial charge on any atom is 0.213 e. The van der Waals surface area contributed by atoms with E-state index in [-0.39, 0.29) is 16.5 Å². The Balaban J connectivity index is 2.72. The minimum absolute atomic E-state index is 0.0203. The van der Waals surface area contributed by atoms with Gasteiger partial charge in [-0.15, -0.1) is 11.6 Å². The molecule has 88 valence electrons. The Labute approximate surface area is 103 Å². The van der Waals surface area contributed by atoms with E-state index in [1.54, 1.807) is 0 Å². The molecular formula is C9H15BrClNO3. The first-order valence-corrected chi connectivity index (χ1v) is 6.24. The fourth-order valence-corrected chi connectivity index (χ4v) is 2.12. The molecule has 0 aromatic carbocycles. The van der Waals surface area contributed by atoms with Crippen LogP contribution in [0, 0.1) is 5.41 Å². The van der Waals surface area contributed by atoms with Crippen molar-refractivity contribution in [3.63, 3.8) is 0 Å². The number of halogens is 2. The van der Waals surface area contributed by atoms with Crippen molar-refractivity contribution in [2.24, 2.45) is 11.1 Å². The number of nitrogens with two attached hydrogens (primary N) is 1. The van der Waals surface area contributed by atoms with E-state index in [0.717, 1.165) is 0 Å². The number of alkyl halides is 2. The molecule has 0 bridgehead atoms. The van der Waals surface area contributed by atoms with Gasteiger partial charge in [0.1, 0.15) is 0 Å². The first-order valence-electron chi connectivity index (χ1n) is 4.79. The normalized spacial score (nSPS) is 33.7. The molecule has 0 aromatic rings. The molecule has 4 nitrogen and oxygen atoms in total. The molecule has 1 saturated heterocycles. The molecule has 15 heavy (non-hydrogen) atoms. The van der Waals surface area contributed by atoms with Crippen molar-refractivity contribution in [1.82, 2.24) is 0 Å². The molecule has 1 fully saturated rings. The second-order valence-corrected chi connectivity index (χ2v) is 5.02. The van der Waals surface area contributed by atoms with Crippen LogP contribution in [0.5, 0.6) is 0 Å². The molecule has 1 aliphatic heterocycles. The van der Waals surface area contributed by atoms with Gasteiger partial charge in [-0.1, -0.05) is 22.9 Å². The van der Waals surface area contributed by atoms with Gasteiger partial charge in [0.05, 0.1) is 23.5 Å². The van der Waals surface area contributed by atoms with Crippen LogP contribution < -0.4 is 5.73 Å². The van der Waals surface area contributed by atoms with E-state index in [2.05, 4.69) is 15.9 Å². The Morgan fingerprint density at radius 1 is 1.67 bits per heavy atom. The maximum atomic E-state index is 12.1. The van der Waals surface area contributed by atoms with Crippen molar-refractivity contribution < 1.29 is 14.3 Å². The first kappa shape index (κ1) is 13.4. The van der Waals surface area contributed by atoms with Crippen molar-refractivity contribution in [3.05, 3.63) is 0 Å². The Bertz CT molecular complexity index is 231. The highest BCUT2D eigenvalue weighted by molar-refractivity contribution is 9.10. The lowest BCUT2D eigenvalue weighted by Crippen LogP contribution is -2.51. The topological polar surface area (TPSA) is 61.5 Å². The predicted molar refractivity (Wildman–Crippen MR) is 61.0 cm³/mol. The third-order valence-corrected chi connectivity index (χ3v) is 4.09. The standard InChI is InChI=1S/C9H15BrClNO3/c1-2-9(7(13)6(10)3-11)4-14-8(12)15-5-9/h6,8H,2-5,12H2,1H3. The van der Waals surface area contributed by atoms with Crippen molar-refractivity contribution >= 4 is 33.3 Å². The largest absolute Gasteiger partial charge is 0.339 e. The van der Waals surface area contributed by atoms with Gasteiger partial charge in [-0.3, -0.25) is 10.5 Å². The van der Waals surface area contributed by atoms with Gasteiger partial charge in [0.25, 0.3) is 0 Å². The lowest BCUT2D eigenvalue weighted by molar-refractivity contribution is -0.224. The highest BCUT2D eigenvalue weighted by Crippen LogP contribution is 2.31. The summed E-state index contributed by atoms with van der Waals surface area (Å²) < 4.78 is 10.3. The lowest BCUT2D eigenvalue weighted by Gasteiger charge is -2.37. The van der Waals surface area contributed by atoms with E-state index in [1.165, 1.54) is 0 Å². The summed E-state index contributed by atoms with van der Waals surface area (Å²) in [6.45, 7) is 2.51. The summed E-state index contributed by atoms with van der Waals surface area (Å²) in [5, 5.41) is 0.